The third-order valence-corrected chi connectivity index (χ3v) is 3.37. The Morgan fingerprint density at radius 2 is 2.46 bits per heavy atom. The van der Waals surface area contributed by atoms with Crippen LogP contribution in [-0.4, -0.2) is 5.78 Å². The predicted octanol–water partition coefficient (Wildman–Crippen LogP) is 3.10. The highest BCUT2D eigenvalue weighted by Crippen LogP contribution is 2.29. The van der Waals surface area contributed by atoms with Crippen LogP contribution in [0.2, 0.25) is 0 Å². The monoisotopic (exact) mass is 257 g/mol. The molecule has 0 N–H and O–H groups in total. The van der Waals surface area contributed by atoms with Crippen LogP contribution in [0.4, 0.5) is 0 Å². The Balaban J connectivity index is 2.92. The number of carbonyl (C=O) groups excluding carboxylic acids is 1. The van der Waals surface area contributed by atoms with Gasteiger partial charge in [0.15, 0.2) is 5.78 Å². The van der Waals surface area contributed by atoms with E-state index in [1.165, 1.54) is 11.3 Å². The number of nitriles is 1. The summed E-state index contributed by atoms with van der Waals surface area (Å²) >= 11 is 4.74. The number of Topliss-reactive ketones (excluding diaryl/α,β-unsaturated/α-hetero) is 1. The summed E-state index contributed by atoms with van der Waals surface area (Å²) in [5, 5.41) is 8.81. The smallest absolute Gasteiger partial charge is 0.155 e. The van der Waals surface area contributed by atoms with Crippen molar-refractivity contribution in [3.63, 3.8) is 0 Å². The molecule has 1 rings (SSSR count). The second-order valence-corrected chi connectivity index (χ2v) is 5.02. The van der Waals surface area contributed by atoms with Crippen LogP contribution in [0, 0.1) is 11.3 Å². The molecular weight excluding hydrogens is 250 g/mol. The zero-order valence-electron chi connectivity index (χ0n) is 7.08. The van der Waals surface area contributed by atoms with E-state index in [0.717, 1.165) is 8.66 Å². The van der Waals surface area contributed by atoms with Crippen LogP contribution in [0.1, 0.15) is 24.1 Å². The maximum atomic E-state index is 11.3. The highest BCUT2D eigenvalue weighted by Gasteiger charge is 2.19. The van der Waals surface area contributed by atoms with Crippen LogP contribution >= 0.6 is 27.3 Å². The van der Waals surface area contributed by atoms with Crippen LogP contribution in [0.3, 0.4) is 0 Å². The number of thiophene rings is 1. The summed E-state index contributed by atoms with van der Waals surface area (Å²) in [4.78, 5) is 12.1. The summed E-state index contributed by atoms with van der Waals surface area (Å²) in [5.74, 6) is -0.599. The summed E-state index contributed by atoms with van der Waals surface area (Å²) in [6.45, 7) is 1.77. The molecule has 1 unspecified atom stereocenters. The van der Waals surface area contributed by atoms with Gasteiger partial charge in [0.1, 0.15) is 5.92 Å². The largest absolute Gasteiger partial charge is 0.298 e. The van der Waals surface area contributed by atoms with Gasteiger partial charge in [0, 0.05) is 11.3 Å². The van der Waals surface area contributed by atoms with Crippen LogP contribution in [0.15, 0.2) is 15.9 Å². The summed E-state index contributed by atoms with van der Waals surface area (Å²) in [6.07, 6.45) is 0.410. The quantitative estimate of drug-likeness (QED) is 0.835. The minimum atomic E-state index is -0.582. The molecule has 0 radical (unpaired) electrons. The van der Waals surface area contributed by atoms with E-state index in [1.807, 2.05) is 18.2 Å². The minimum Gasteiger partial charge on any atom is -0.298 e. The van der Waals surface area contributed by atoms with E-state index in [-0.39, 0.29) is 5.78 Å². The van der Waals surface area contributed by atoms with Gasteiger partial charge in [-0.05, 0) is 28.1 Å². The maximum Gasteiger partial charge on any atom is 0.155 e. The van der Waals surface area contributed by atoms with E-state index in [4.69, 9.17) is 5.26 Å². The molecule has 13 heavy (non-hydrogen) atoms. The molecule has 4 heteroatoms. The van der Waals surface area contributed by atoms with E-state index in [2.05, 4.69) is 15.9 Å². The molecule has 0 aliphatic rings. The number of hydrogen-bond donors (Lipinski definition) is 0. The molecule has 1 aromatic heterocycles. The topological polar surface area (TPSA) is 40.9 Å². The normalized spacial score (nSPS) is 12.1. The summed E-state index contributed by atoms with van der Waals surface area (Å²) in [7, 11) is 0. The third kappa shape index (κ3) is 2.39. The highest BCUT2D eigenvalue weighted by molar-refractivity contribution is 9.11. The first-order valence-corrected chi connectivity index (χ1v) is 5.47. The van der Waals surface area contributed by atoms with Gasteiger partial charge in [0.25, 0.3) is 0 Å². The Kier molecular flexibility index (Phi) is 3.64. The second-order valence-electron chi connectivity index (χ2n) is 2.52. The molecule has 0 bridgehead atoms. The molecule has 68 valence electrons. The van der Waals surface area contributed by atoms with Gasteiger partial charge in [0.2, 0.25) is 0 Å². The van der Waals surface area contributed by atoms with E-state index >= 15 is 0 Å². The average Bonchev–Trinajstić information content (AvgIpc) is 2.53. The molecule has 0 aliphatic heterocycles. The fourth-order valence-corrected chi connectivity index (χ4v) is 2.47. The second kappa shape index (κ2) is 4.54. The Hall–Kier alpha value is -0.660. The van der Waals surface area contributed by atoms with Crippen molar-refractivity contribution in [1.82, 2.24) is 0 Å². The highest BCUT2D eigenvalue weighted by atomic mass is 79.9. The van der Waals surface area contributed by atoms with Crippen LogP contribution in [0.25, 0.3) is 0 Å². The Bertz CT molecular complexity index is 353. The van der Waals surface area contributed by atoms with E-state index < -0.39 is 5.92 Å². The standard InChI is InChI=1S/C9H8BrNOS/c1-2-7(12)6(5-11)8-3-4-9(10)13-8/h3-4,6H,2H2,1H3. The van der Waals surface area contributed by atoms with Gasteiger partial charge in [-0.2, -0.15) is 5.26 Å². The molecule has 2 nitrogen and oxygen atoms in total. The van der Waals surface area contributed by atoms with E-state index in [1.54, 1.807) is 6.92 Å². The number of nitrogens with zero attached hydrogens (tertiary/aromatic N) is 1. The van der Waals surface area contributed by atoms with Crippen molar-refractivity contribution in [3.8, 4) is 6.07 Å². The van der Waals surface area contributed by atoms with Gasteiger partial charge in [-0.15, -0.1) is 11.3 Å². The Morgan fingerprint density at radius 3 is 2.85 bits per heavy atom. The van der Waals surface area contributed by atoms with Gasteiger partial charge in [-0.1, -0.05) is 6.92 Å². The predicted molar refractivity (Wildman–Crippen MR) is 55.7 cm³/mol. The molecule has 0 aliphatic carbocycles. The van der Waals surface area contributed by atoms with E-state index in [0.29, 0.717) is 6.42 Å². The lowest BCUT2D eigenvalue weighted by atomic mass is 10.0. The zero-order valence-corrected chi connectivity index (χ0v) is 9.48. The SMILES string of the molecule is CCC(=O)C(C#N)c1ccc(Br)s1. The van der Waals surface area contributed by atoms with Gasteiger partial charge < -0.3 is 0 Å². The fourth-order valence-electron chi connectivity index (χ4n) is 0.982. The van der Waals surface area contributed by atoms with Crippen LogP contribution < -0.4 is 0 Å². The van der Waals surface area contributed by atoms with E-state index in [9.17, 15) is 4.79 Å². The number of ketones is 1. The molecule has 1 atom stereocenters. The average molecular weight is 258 g/mol. The van der Waals surface area contributed by atoms with Gasteiger partial charge >= 0.3 is 0 Å². The van der Waals surface area contributed by atoms with Crippen molar-refractivity contribution in [1.29, 1.82) is 5.26 Å². The molecule has 0 saturated carbocycles. The van der Waals surface area contributed by atoms with Crippen molar-refractivity contribution in [2.45, 2.75) is 19.3 Å². The molecule has 0 spiro atoms. The van der Waals surface area contributed by atoms with Crippen molar-refractivity contribution in [2.24, 2.45) is 0 Å². The molecule has 0 saturated heterocycles. The fraction of sp³-hybridized carbons (Fsp3) is 0.333. The Labute approximate surface area is 89.3 Å². The summed E-state index contributed by atoms with van der Waals surface area (Å²) in [5.41, 5.74) is 0. The molecular formula is C9H8BrNOS. The van der Waals surface area contributed by atoms with Gasteiger partial charge in [-0.3, -0.25) is 4.79 Å². The molecule has 1 heterocycles. The zero-order chi connectivity index (χ0) is 9.84. The lowest BCUT2D eigenvalue weighted by Crippen LogP contribution is -2.07. The lowest BCUT2D eigenvalue weighted by Gasteiger charge is -2.01. The minimum absolute atomic E-state index is 0.0168. The lowest BCUT2D eigenvalue weighted by molar-refractivity contribution is -0.119. The molecule has 0 fully saturated rings. The van der Waals surface area contributed by atoms with Gasteiger partial charge in [-0.25, -0.2) is 0 Å². The maximum absolute atomic E-state index is 11.3. The van der Waals surface area contributed by atoms with Gasteiger partial charge in [0.05, 0.1) is 9.86 Å². The van der Waals surface area contributed by atoms with Crippen molar-refractivity contribution < 1.29 is 4.79 Å². The molecule has 0 aromatic carbocycles. The van der Waals surface area contributed by atoms with Crippen LogP contribution in [0.5, 0.6) is 0 Å². The first-order valence-electron chi connectivity index (χ1n) is 3.86. The summed E-state index contributed by atoms with van der Waals surface area (Å²) in [6, 6.07) is 5.69. The first-order chi connectivity index (χ1) is 6.19. The number of rotatable bonds is 3. The number of carbonyl (C=O) groups is 1. The first kappa shape index (κ1) is 10.4. The van der Waals surface area contributed by atoms with Crippen molar-refractivity contribution >= 4 is 33.0 Å². The van der Waals surface area contributed by atoms with Crippen LogP contribution in [-0.2, 0) is 4.79 Å². The summed E-state index contributed by atoms with van der Waals surface area (Å²) < 4.78 is 0.951. The number of hydrogen-bond acceptors (Lipinski definition) is 3. The number of halogens is 1. The van der Waals surface area contributed by atoms with Crippen molar-refractivity contribution in [3.05, 3.63) is 20.8 Å². The molecule has 1 aromatic rings. The van der Waals surface area contributed by atoms with Crippen molar-refractivity contribution in [2.75, 3.05) is 0 Å². The third-order valence-electron chi connectivity index (χ3n) is 1.68. The molecule has 0 amide bonds. The Morgan fingerprint density at radius 1 is 1.77 bits per heavy atom.